The van der Waals surface area contributed by atoms with E-state index in [1.165, 1.54) is 18.3 Å². The largest absolute Gasteiger partial charge is 0.405 e. The van der Waals surface area contributed by atoms with Gasteiger partial charge in [0.15, 0.2) is 0 Å². The minimum Gasteiger partial charge on any atom is -0.343 e. The Morgan fingerprint density at radius 1 is 1.40 bits per heavy atom. The number of hydrogen-bond acceptors (Lipinski definition) is 4. The quantitative estimate of drug-likeness (QED) is 0.825. The maximum absolute atomic E-state index is 12.0. The highest BCUT2D eigenvalue weighted by atomic mass is 32.2. The van der Waals surface area contributed by atoms with Crippen molar-refractivity contribution in [2.45, 2.75) is 12.7 Å². The van der Waals surface area contributed by atoms with Crippen molar-refractivity contribution in [2.24, 2.45) is 0 Å². The number of carbonyl (C=O) groups is 1. The number of alkyl halides is 3. The van der Waals surface area contributed by atoms with E-state index in [2.05, 4.69) is 9.71 Å². The lowest BCUT2D eigenvalue weighted by atomic mass is 10.2. The highest BCUT2D eigenvalue weighted by Crippen LogP contribution is 2.12. The van der Waals surface area contributed by atoms with Crippen LogP contribution in [-0.4, -0.2) is 38.3 Å². The molecule has 1 aromatic heterocycles. The van der Waals surface area contributed by atoms with Crippen molar-refractivity contribution in [3.8, 4) is 0 Å². The van der Waals surface area contributed by atoms with Crippen molar-refractivity contribution in [1.82, 2.24) is 15.0 Å². The third-order valence-corrected chi connectivity index (χ3v) is 2.71. The first-order chi connectivity index (χ1) is 9.07. The molecule has 2 N–H and O–H groups in total. The molecule has 1 rings (SSSR count). The third-order valence-electron chi connectivity index (χ3n) is 2.04. The summed E-state index contributed by atoms with van der Waals surface area (Å²) >= 11 is 0. The molecule has 0 aliphatic rings. The second-order valence-electron chi connectivity index (χ2n) is 3.93. The lowest BCUT2D eigenvalue weighted by Gasteiger charge is -2.09. The number of sulfonamides is 1. The van der Waals surface area contributed by atoms with E-state index in [9.17, 15) is 26.4 Å². The Morgan fingerprint density at radius 2 is 2.05 bits per heavy atom. The summed E-state index contributed by atoms with van der Waals surface area (Å²) in [4.78, 5) is 15.3. The molecule has 1 aromatic rings. The summed E-state index contributed by atoms with van der Waals surface area (Å²) in [5.74, 6) is -0.912. The average molecular weight is 311 g/mol. The van der Waals surface area contributed by atoms with Crippen molar-refractivity contribution in [3.63, 3.8) is 0 Å². The molecule has 0 aliphatic carbocycles. The number of hydrogen-bond donors (Lipinski definition) is 2. The van der Waals surface area contributed by atoms with Gasteiger partial charge in [-0.3, -0.25) is 9.78 Å². The zero-order valence-electron chi connectivity index (χ0n) is 10.4. The van der Waals surface area contributed by atoms with Crippen LogP contribution in [0.3, 0.4) is 0 Å². The van der Waals surface area contributed by atoms with Gasteiger partial charge in [0, 0.05) is 11.8 Å². The molecular formula is C10H12F3N3O3S. The van der Waals surface area contributed by atoms with Crippen LogP contribution in [0.15, 0.2) is 18.3 Å². The molecule has 0 spiro atoms. The lowest BCUT2D eigenvalue weighted by molar-refractivity contribution is -0.123. The van der Waals surface area contributed by atoms with Crippen LogP contribution in [0.2, 0.25) is 0 Å². The summed E-state index contributed by atoms with van der Waals surface area (Å²) in [6.45, 7) is -1.59. The number of amides is 1. The molecule has 0 unspecified atom stereocenters. The first kappa shape index (κ1) is 16.4. The van der Waals surface area contributed by atoms with Gasteiger partial charge < -0.3 is 5.32 Å². The molecule has 0 aliphatic heterocycles. The topological polar surface area (TPSA) is 88.2 Å². The Kier molecular flexibility index (Phi) is 5.06. The fourth-order valence-electron chi connectivity index (χ4n) is 1.20. The number of pyridine rings is 1. The van der Waals surface area contributed by atoms with Crippen molar-refractivity contribution in [3.05, 3.63) is 29.6 Å². The molecule has 1 heterocycles. The number of aromatic nitrogens is 1. The zero-order chi connectivity index (χ0) is 15.4. The smallest absolute Gasteiger partial charge is 0.343 e. The van der Waals surface area contributed by atoms with E-state index >= 15 is 0 Å². The van der Waals surface area contributed by atoms with Gasteiger partial charge in [-0.05, 0) is 12.1 Å². The van der Waals surface area contributed by atoms with Gasteiger partial charge in [-0.1, -0.05) is 0 Å². The van der Waals surface area contributed by atoms with E-state index in [1.807, 2.05) is 0 Å². The third kappa shape index (κ3) is 6.48. The highest BCUT2D eigenvalue weighted by molar-refractivity contribution is 7.88. The van der Waals surface area contributed by atoms with Crippen molar-refractivity contribution in [1.29, 1.82) is 0 Å². The molecule has 10 heteroatoms. The Bertz CT molecular complexity index is 587. The van der Waals surface area contributed by atoms with Crippen LogP contribution in [0.1, 0.15) is 16.1 Å². The van der Waals surface area contributed by atoms with Crippen LogP contribution in [0.25, 0.3) is 0 Å². The number of carbonyl (C=O) groups excluding carboxylic acids is 1. The van der Waals surface area contributed by atoms with Crippen molar-refractivity contribution in [2.75, 3.05) is 12.8 Å². The van der Waals surface area contributed by atoms with Gasteiger partial charge in [0.2, 0.25) is 10.0 Å². The minimum absolute atomic E-state index is 0.0328. The molecule has 0 radical (unpaired) electrons. The van der Waals surface area contributed by atoms with Gasteiger partial charge in [-0.15, -0.1) is 0 Å². The molecule has 0 aromatic carbocycles. The summed E-state index contributed by atoms with van der Waals surface area (Å²) in [5, 5.41) is 1.71. The van der Waals surface area contributed by atoms with Crippen LogP contribution in [0, 0.1) is 0 Å². The molecule has 112 valence electrons. The van der Waals surface area contributed by atoms with E-state index in [1.54, 1.807) is 5.32 Å². The summed E-state index contributed by atoms with van der Waals surface area (Å²) in [7, 11) is -3.42. The van der Waals surface area contributed by atoms with Gasteiger partial charge in [0.1, 0.15) is 6.54 Å². The van der Waals surface area contributed by atoms with Crippen molar-refractivity contribution >= 4 is 15.9 Å². The summed E-state index contributed by atoms with van der Waals surface area (Å²) < 4.78 is 59.8. The SMILES string of the molecule is CS(=O)(=O)NCc1cc(C(=O)NCC(F)(F)F)ccn1. The molecule has 1 amide bonds. The van der Waals surface area contributed by atoms with E-state index in [4.69, 9.17) is 0 Å². The Morgan fingerprint density at radius 3 is 2.60 bits per heavy atom. The lowest BCUT2D eigenvalue weighted by Crippen LogP contribution is -2.33. The number of nitrogens with one attached hydrogen (secondary N) is 2. The average Bonchev–Trinajstić information content (AvgIpc) is 2.32. The first-order valence-electron chi connectivity index (χ1n) is 5.31. The van der Waals surface area contributed by atoms with Crippen LogP contribution >= 0.6 is 0 Å². The monoisotopic (exact) mass is 311 g/mol. The fraction of sp³-hybridized carbons (Fsp3) is 0.400. The van der Waals surface area contributed by atoms with Crippen LogP contribution in [-0.2, 0) is 16.6 Å². The molecule has 6 nitrogen and oxygen atoms in total. The predicted molar refractivity (Wildman–Crippen MR) is 64.3 cm³/mol. The van der Waals surface area contributed by atoms with E-state index in [0.29, 0.717) is 0 Å². The van der Waals surface area contributed by atoms with E-state index in [0.717, 1.165) is 6.26 Å². The molecule has 0 atom stereocenters. The van der Waals surface area contributed by atoms with E-state index < -0.39 is 28.7 Å². The second-order valence-corrected chi connectivity index (χ2v) is 5.76. The Balaban J connectivity index is 2.70. The number of nitrogens with zero attached hydrogens (tertiary/aromatic N) is 1. The number of halogens is 3. The molecular weight excluding hydrogens is 299 g/mol. The van der Waals surface area contributed by atoms with E-state index in [-0.39, 0.29) is 17.8 Å². The predicted octanol–water partition coefficient (Wildman–Crippen LogP) is 0.423. The molecule has 0 fully saturated rings. The summed E-state index contributed by atoms with van der Waals surface area (Å²) in [5.41, 5.74) is 0.185. The maximum Gasteiger partial charge on any atom is 0.405 e. The van der Waals surface area contributed by atoms with Crippen molar-refractivity contribution < 1.29 is 26.4 Å². The van der Waals surface area contributed by atoms with Gasteiger partial charge in [-0.25, -0.2) is 13.1 Å². The minimum atomic E-state index is -4.50. The maximum atomic E-state index is 12.0. The van der Waals surface area contributed by atoms with Gasteiger partial charge in [-0.2, -0.15) is 13.2 Å². The standard InChI is InChI=1S/C10H12F3N3O3S/c1-20(18,19)16-5-8-4-7(2-3-14-8)9(17)15-6-10(11,12)13/h2-4,16H,5-6H2,1H3,(H,15,17). The fourth-order valence-corrected chi connectivity index (χ4v) is 1.61. The molecule has 20 heavy (non-hydrogen) atoms. The molecule has 0 bridgehead atoms. The summed E-state index contributed by atoms with van der Waals surface area (Å²) in [6, 6.07) is 2.44. The highest BCUT2D eigenvalue weighted by Gasteiger charge is 2.27. The second kappa shape index (κ2) is 6.18. The zero-order valence-corrected chi connectivity index (χ0v) is 11.2. The van der Waals surface area contributed by atoms with Crippen LogP contribution in [0.4, 0.5) is 13.2 Å². The molecule has 0 saturated carbocycles. The number of rotatable bonds is 5. The van der Waals surface area contributed by atoms with Gasteiger partial charge >= 0.3 is 6.18 Å². The Labute approximate surface area is 113 Å². The summed E-state index contributed by atoms with van der Waals surface area (Å²) in [6.07, 6.45) is -2.34. The van der Waals surface area contributed by atoms with Crippen LogP contribution < -0.4 is 10.0 Å². The van der Waals surface area contributed by atoms with Crippen LogP contribution in [0.5, 0.6) is 0 Å². The first-order valence-corrected chi connectivity index (χ1v) is 7.20. The Hall–Kier alpha value is -1.68. The molecule has 0 saturated heterocycles. The van der Waals surface area contributed by atoms with Gasteiger partial charge in [0.25, 0.3) is 5.91 Å². The normalized spacial score (nSPS) is 12.2. The van der Waals surface area contributed by atoms with Gasteiger partial charge in [0.05, 0.1) is 18.5 Å².